The zero-order valence-corrected chi connectivity index (χ0v) is 10.5. The van der Waals surface area contributed by atoms with Crippen molar-refractivity contribution >= 4 is 0 Å². The first kappa shape index (κ1) is 13.9. The van der Waals surface area contributed by atoms with E-state index in [1.807, 2.05) is 0 Å². The molecule has 14 heavy (non-hydrogen) atoms. The second-order valence-corrected chi connectivity index (χ2v) is 4.82. The normalized spacial score (nSPS) is 12.0. The standard InChI is InChI=1S/C12H27NO/c1-6-7-8-14-13(9-11(2)3)10-12(4)5/h11-12H,6-10H2,1-5H3. The van der Waals surface area contributed by atoms with E-state index in [9.17, 15) is 0 Å². The molecule has 0 bridgehead atoms. The Labute approximate surface area is 89.6 Å². The lowest BCUT2D eigenvalue weighted by molar-refractivity contribution is -0.171. The molecule has 0 aromatic rings. The Morgan fingerprint density at radius 2 is 1.50 bits per heavy atom. The van der Waals surface area contributed by atoms with Crippen molar-refractivity contribution in [3.63, 3.8) is 0 Å². The SMILES string of the molecule is CCCCON(CC(C)C)CC(C)C. The Kier molecular flexibility index (Phi) is 8.20. The molecule has 0 heterocycles. The van der Waals surface area contributed by atoms with Crippen LogP contribution in [0.1, 0.15) is 47.5 Å². The molecule has 0 aliphatic carbocycles. The highest BCUT2D eigenvalue weighted by atomic mass is 16.7. The zero-order valence-electron chi connectivity index (χ0n) is 10.5. The van der Waals surface area contributed by atoms with Crippen LogP contribution in [0.4, 0.5) is 0 Å². The van der Waals surface area contributed by atoms with E-state index in [4.69, 9.17) is 4.84 Å². The number of nitrogens with zero attached hydrogens (tertiary/aromatic N) is 1. The molecule has 0 radical (unpaired) electrons. The molecule has 0 spiro atoms. The molecule has 0 fully saturated rings. The molecule has 86 valence electrons. The van der Waals surface area contributed by atoms with E-state index in [0.29, 0.717) is 11.8 Å². The molecule has 0 aliphatic rings. The van der Waals surface area contributed by atoms with Gasteiger partial charge >= 0.3 is 0 Å². The minimum Gasteiger partial charge on any atom is -0.299 e. The fourth-order valence-corrected chi connectivity index (χ4v) is 1.33. The molecular formula is C12H27NO. The predicted molar refractivity (Wildman–Crippen MR) is 62.1 cm³/mol. The zero-order chi connectivity index (χ0) is 11.0. The van der Waals surface area contributed by atoms with Crippen LogP contribution in [0, 0.1) is 11.8 Å². The van der Waals surface area contributed by atoms with Gasteiger partial charge in [0, 0.05) is 13.1 Å². The highest BCUT2D eigenvalue weighted by Gasteiger charge is 2.09. The van der Waals surface area contributed by atoms with Gasteiger partial charge in [0.2, 0.25) is 0 Å². The summed E-state index contributed by atoms with van der Waals surface area (Å²) in [5.74, 6) is 1.35. The summed E-state index contributed by atoms with van der Waals surface area (Å²) in [7, 11) is 0. The summed E-state index contributed by atoms with van der Waals surface area (Å²) in [6.45, 7) is 14.1. The molecule has 0 amide bonds. The highest BCUT2D eigenvalue weighted by Crippen LogP contribution is 2.05. The molecule has 0 aliphatic heterocycles. The van der Waals surface area contributed by atoms with Crippen molar-refractivity contribution in [2.24, 2.45) is 11.8 Å². The van der Waals surface area contributed by atoms with E-state index in [1.165, 1.54) is 6.42 Å². The van der Waals surface area contributed by atoms with Gasteiger partial charge < -0.3 is 0 Å². The maximum absolute atomic E-state index is 5.74. The predicted octanol–water partition coefficient (Wildman–Crippen LogP) is 3.33. The average Bonchev–Trinajstić information content (AvgIpc) is 2.02. The topological polar surface area (TPSA) is 12.5 Å². The van der Waals surface area contributed by atoms with Gasteiger partial charge in [0.25, 0.3) is 0 Å². The highest BCUT2D eigenvalue weighted by molar-refractivity contribution is 4.54. The van der Waals surface area contributed by atoms with Gasteiger partial charge in [0.05, 0.1) is 6.61 Å². The Balaban J connectivity index is 3.72. The van der Waals surface area contributed by atoms with Crippen LogP contribution >= 0.6 is 0 Å². The Morgan fingerprint density at radius 1 is 1.00 bits per heavy atom. The summed E-state index contributed by atoms with van der Waals surface area (Å²) in [6, 6.07) is 0. The van der Waals surface area contributed by atoms with Gasteiger partial charge in [-0.15, -0.1) is 0 Å². The van der Waals surface area contributed by atoms with E-state index >= 15 is 0 Å². The van der Waals surface area contributed by atoms with Crippen LogP contribution in [0.15, 0.2) is 0 Å². The third-order valence-electron chi connectivity index (χ3n) is 1.91. The average molecular weight is 201 g/mol. The van der Waals surface area contributed by atoms with Crippen LogP contribution < -0.4 is 0 Å². The van der Waals surface area contributed by atoms with Crippen LogP contribution in [0.2, 0.25) is 0 Å². The summed E-state index contributed by atoms with van der Waals surface area (Å²) in [5.41, 5.74) is 0. The van der Waals surface area contributed by atoms with Gasteiger partial charge in [-0.2, -0.15) is 5.06 Å². The third-order valence-corrected chi connectivity index (χ3v) is 1.91. The van der Waals surface area contributed by atoms with Crippen molar-refractivity contribution in [2.75, 3.05) is 19.7 Å². The summed E-state index contributed by atoms with van der Waals surface area (Å²) < 4.78 is 0. The van der Waals surface area contributed by atoms with Crippen molar-refractivity contribution < 1.29 is 4.84 Å². The molecule has 2 nitrogen and oxygen atoms in total. The van der Waals surface area contributed by atoms with Crippen LogP contribution in [0.5, 0.6) is 0 Å². The quantitative estimate of drug-likeness (QED) is 0.441. The van der Waals surface area contributed by atoms with E-state index in [-0.39, 0.29) is 0 Å². The van der Waals surface area contributed by atoms with E-state index in [1.54, 1.807) is 0 Å². The molecule has 0 N–H and O–H groups in total. The van der Waals surface area contributed by atoms with Gasteiger partial charge in [0.15, 0.2) is 0 Å². The van der Waals surface area contributed by atoms with E-state index in [0.717, 1.165) is 26.1 Å². The Bertz CT molecular complexity index is 113. The smallest absolute Gasteiger partial charge is 0.0685 e. The van der Waals surface area contributed by atoms with Crippen LogP contribution in [0.25, 0.3) is 0 Å². The van der Waals surface area contributed by atoms with Gasteiger partial charge in [-0.25, -0.2) is 0 Å². The molecule has 0 atom stereocenters. The number of hydrogen-bond acceptors (Lipinski definition) is 2. The molecule has 0 unspecified atom stereocenters. The monoisotopic (exact) mass is 201 g/mol. The fraction of sp³-hybridized carbons (Fsp3) is 1.00. The first-order valence-electron chi connectivity index (χ1n) is 5.94. The van der Waals surface area contributed by atoms with Crippen molar-refractivity contribution in [1.29, 1.82) is 0 Å². The summed E-state index contributed by atoms with van der Waals surface area (Å²) in [6.07, 6.45) is 2.36. The first-order valence-corrected chi connectivity index (χ1v) is 5.94. The maximum Gasteiger partial charge on any atom is 0.0685 e. The Morgan fingerprint density at radius 3 is 1.86 bits per heavy atom. The molecule has 0 saturated carbocycles. The van der Waals surface area contributed by atoms with E-state index < -0.39 is 0 Å². The lowest BCUT2D eigenvalue weighted by atomic mass is 10.2. The number of rotatable bonds is 8. The number of unbranched alkanes of at least 4 members (excludes halogenated alkanes) is 1. The van der Waals surface area contributed by atoms with Gasteiger partial charge in [0.1, 0.15) is 0 Å². The molecule has 0 rings (SSSR count). The van der Waals surface area contributed by atoms with Gasteiger partial charge in [-0.3, -0.25) is 4.84 Å². The van der Waals surface area contributed by atoms with Crippen molar-refractivity contribution in [3.8, 4) is 0 Å². The molecular weight excluding hydrogens is 174 g/mol. The molecule has 0 saturated heterocycles. The molecule has 0 aromatic heterocycles. The largest absolute Gasteiger partial charge is 0.299 e. The van der Waals surface area contributed by atoms with Crippen LogP contribution in [-0.2, 0) is 4.84 Å². The lowest BCUT2D eigenvalue weighted by Gasteiger charge is -2.25. The second kappa shape index (κ2) is 8.25. The number of hydroxylamine groups is 2. The molecule has 0 aromatic carbocycles. The summed E-state index contributed by atoms with van der Waals surface area (Å²) >= 11 is 0. The minimum atomic E-state index is 0.676. The van der Waals surface area contributed by atoms with Crippen molar-refractivity contribution in [2.45, 2.75) is 47.5 Å². The minimum absolute atomic E-state index is 0.676. The van der Waals surface area contributed by atoms with Crippen LogP contribution in [-0.4, -0.2) is 24.8 Å². The number of hydrogen-bond donors (Lipinski definition) is 0. The third kappa shape index (κ3) is 8.52. The summed E-state index contributed by atoms with van der Waals surface area (Å²) in [5, 5.41) is 2.13. The maximum atomic E-state index is 5.74. The van der Waals surface area contributed by atoms with Crippen LogP contribution in [0.3, 0.4) is 0 Å². The lowest BCUT2D eigenvalue weighted by Crippen LogP contribution is -2.31. The molecule has 2 heteroatoms. The van der Waals surface area contributed by atoms with E-state index in [2.05, 4.69) is 39.7 Å². The van der Waals surface area contributed by atoms with Crippen molar-refractivity contribution in [1.82, 2.24) is 5.06 Å². The second-order valence-electron chi connectivity index (χ2n) is 4.82. The van der Waals surface area contributed by atoms with Crippen molar-refractivity contribution in [3.05, 3.63) is 0 Å². The van der Waals surface area contributed by atoms with Gasteiger partial charge in [-0.05, 0) is 18.3 Å². The first-order chi connectivity index (χ1) is 6.56. The Hall–Kier alpha value is -0.0800. The summed E-state index contributed by atoms with van der Waals surface area (Å²) in [4.78, 5) is 5.74. The fourth-order valence-electron chi connectivity index (χ4n) is 1.33. The van der Waals surface area contributed by atoms with Gasteiger partial charge in [-0.1, -0.05) is 41.0 Å².